The quantitative estimate of drug-likeness (QED) is 0.797. The molecule has 0 aliphatic carbocycles. The van der Waals surface area contributed by atoms with Crippen LogP contribution in [0.25, 0.3) is 0 Å². The van der Waals surface area contributed by atoms with Crippen LogP contribution in [0.15, 0.2) is 12.4 Å². The van der Waals surface area contributed by atoms with E-state index in [0.29, 0.717) is 30.5 Å². The molecule has 1 saturated heterocycles. The van der Waals surface area contributed by atoms with Crippen LogP contribution in [0.1, 0.15) is 32.6 Å². The lowest BCUT2D eigenvalue weighted by molar-refractivity contribution is -0.0447. The first-order valence-electron chi connectivity index (χ1n) is 6.43. The molecule has 0 spiro atoms. The lowest BCUT2D eigenvalue weighted by Crippen LogP contribution is -2.44. The number of nitrogens with zero attached hydrogens (tertiary/aromatic N) is 3. The van der Waals surface area contributed by atoms with E-state index in [-0.39, 0.29) is 12.2 Å². The molecule has 7 heteroatoms. The molecule has 1 aromatic rings. The highest BCUT2D eigenvalue weighted by atomic mass is 35.5. The smallest absolute Gasteiger partial charge is 0.410 e. The van der Waals surface area contributed by atoms with Gasteiger partial charge in [0, 0.05) is 18.9 Å². The minimum Gasteiger partial charge on any atom is -0.444 e. The zero-order valence-corrected chi connectivity index (χ0v) is 12.6. The lowest BCUT2D eigenvalue weighted by Gasteiger charge is -2.34. The average Bonchev–Trinajstić information content (AvgIpc) is 2.37. The molecule has 6 nitrogen and oxygen atoms in total. The Bertz CT molecular complexity index is 490. The first-order chi connectivity index (χ1) is 9.37. The molecule has 1 aliphatic heterocycles. The Labute approximate surface area is 123 Å². The van der Waals surface area contributed by atoms with Crippen LogP contribution in [0.2, 0.25) is 5.15 Å². The third-order valence-electron chi connectivity index (χ3n) is 2.70. The maximum atomic E-state index is 12.1. The molecule has 1 atom stereocenters. The molecule has 1 aromatic heterocycles. The average molecular weight is 300 g/mol. The van der Waals surface area contributed by atoms with Gasteiger partial charge in [0.05, 0.1) is 13.2 Å². The molecule has 2 rings (SSSR count). The zero-order valence-electron chi connectivity index (χ0n) is 11.8. The summed E-state index contributed by atoms with van der Waals surface area (Å²) in [5, 5.41) is 0.295. The number of aromatic nitrogens is 2. The second kappa shape index (κ2) is 5.93. The summed E-state index contributed by atoms with van der Waals surface area (Å²) < 4.78 is 11.0. The number of halogens is 1. The van der Waals surface area contributed by atoms with E-state index in [9.17, 15) is 4.79 Å². The Morgan fingerprint density at radius 2 is 2.15 bits per heavy atom. The summed E-state index contributed by atoms with van der Waals surface area (Å²) in [4.78, 5) is 21.8. The number of hydrogen-bond donors (Lipinski definition) is 0. The molecular weight excluding hydrogens is 282 g/mol. The van der Waals surface area contributed by atoms with Crippen LogP contribution in [0.3, 0.4) is 0 Å². The van der Waals surface area contributed by atoms with E-state index in [0.717, 1.165) is 0 Å². The van der Waals surface area contributed by atoms with E-state index >= 15 is 0 Å². The molecule has 0 bridgehead atoms. The van der Waals surface area contributed by atoms with E-state index in [1.807, 2.05) is 20.8 Å². The summed E-state index contributed by atoms with van der Waals surface area (Å²) in [6.07, 6.45) is 2.33. The van der Waals surface area contributed by atoms with Crippen LogP contribution in [0.4, 0.5) is 4.79 Å². The van der Waals surface area contributed by atoms with Crippen LogP contribution >= 0.6 is 11.6 Å². The Balaban J connectivity index is 2.06. The number of carbonyl (C=O) groups excluding carboxylic acids is 1. The van der Waals surface area contributed by atoms with E-state index in [1.54, 1.807) is 11.1 Å². The van der Waals surface area contributed by atoms with Gasteiger partial charge in [0.1, 0.15) is 17.4 Å². The molecule has 20 heavy (non-hydrogen) atoms. The van der Waals surface area contributed by atoms with Crippen molar-refractivity contribution < 1.29 is 14.3 Å². The van der Waals surface area contributed by atoms with Gasteiger partial charge in [-0.15, -0.1) is 0 Å². The van der Waals surface area contributed by atoms with Gasteiger partial charge < -0.3 is 14.4 Å². The lowest BCUT2D eigenvalue weighted by atomic mass is 10.2. The maximum Gasteiger partial charge on any atom is 0.410 e. The largest absolute Gasteiger partial charge is 0.444 e. The SMILES string of the molecule is CC(C)(C)OC(=O)N1CCO[C@H](c2nccnc2Cl)C1. The predicted octanol–water partition coefficient (Wildman–Crippen LogP) is 2.44. The Morgan fingerprint density at radius 3 is 2.80 bits per heavy atom. The second-order valence-corrected chi connectivity index (χ2v) is 5.88. The number of carbonyl (C=O) groups is 1. The van der Waals surface area contributed by atoms with Gasteiger partial charge in [-0.3, -0.25) is 4.98 Å². The first-order valence-corrected chi connectivity index (χ1v) is 6.80. The molecule has 0 saturated carbocycles. The summed E-state index contributed by atoms with van der Waals surface area (Å²) in [5.41, 5.74) is 0.0251. The van der Waals surface area contributed by atoms with Crippen molar-refractivity contribution >= 4 is 17.7 Å². The molecule has 0 radical (unpaired) electrons. The standard InChI is InChI=1S/C13H18ClN3O3/c1-13(2,3)20-12(18)17-6-7-19-9(8-17)10-11(14)16-5-4-15-10/h4-5,9H,6-8H2,1-3H3/t9-/m0/s1. The Hall–Kier alpha value is -1.40. The molecule has 0 aromatic carbocycles. The Kier molecular flexibility index (Phi) is 4.45. The molecule has 1 amide bonds. The highest BCUT2D eigenvalue weighted by Crippen LogP contribution is 2.25. The van der Waals surface area contributed by atoms with Gasteiger partial charge >= 0.3 is 6.09 Å². The van der Waals surface area contributed by atoms with Crippen molar-refractivity contribution in [2.45, 2.75) is 32.5 Å². The van der Waals surface area contributed by atoms with Crippen LogP contribution in [0.5, 0.6) is 0 Å². The van der Waals surface area contributed by atoms with E-state index < -0.39 is 5.60 Å². The van der Waals surface area contributed by atoms with Gasteiger partial charge in [-0.2, -0.15) is 0 Å². The number of hydrogen-bond acceptors (Lipinski definition) is 5. The number of amides is 1. The zero-order chi connectivity index (χ0) is 14.8. The topological polar surface area (TPSA) is 64.5 Å². The summed E-state index contributed by atoms with van der Waals surface area (Å²) in [7, 11) is 0. The van der Waals surface area contributed by atoms with E-state index in [4.69, 9.17) is 21.1 Å². The molecule has 1 fully saturated rings. The second-order valence-electron chi connectivity index (χ2n) is 5.52. The van der Waals surface area contributed by atoms with Crippen LogP contribution < -0.4 is 0 Å². The summed E-state index contributed by atoms with van der Waals surface area (Å²) in [6, 6.07) is 0. The maximum absolute atomic E-state index is 12.1. The Morgan fingerprint density at radius 1 is 1.45 bits per heavy atom. The fraction of sp³-hybridized carbons (Fsp3) is 0.615. The highest BCUT2D eigenvalue weighted by molar-refractivity contribution is 6.30. The summed E-state index contributed by atoms with van der Waals surface area (Å²) >= 11 is 6.00. The number of morpholine rings is 1. The van der Waals surface area contributed by atoms with Gasteiger partial charge in [0.15, 0.2) is 5.15 Å². The molecular formula is C13H18ClN3O3. The minimum atomic E-state index is -0.519. The third kappa shape index (κ3) is 3.80. The molecule has 110 valence electrons. The van der Waals surface area contributed by atoms with Crippen LogP contribution in [0, 0.1) is 0 Å². The van der Waals surface area contributed by atoms with Crippen LogP contribution in [-0.4, -0.2) is 46.3 Å². The van der Waals surface area contributed by atoms with E-state index in [2.05, 4.69) is 9.97 Å². The molecule has 1 aliphatic rings. The summed E-state index contributed by atoms with van der Waals surface area (Å²) in [5.74, 6) is 0. The van der Waals surface area contributed by atoms with Gasteiger partial charge in [-0.1, -0.05) is 11.6 Å². The first kappa shape index (κ1) is 15.0. The van der Waals surface area contributed by atoms with Crippen molar-refractivity contribution in [1.82, 2.24) is 14.9 Å². The summed E-state index contributed by atoms with van der Waals surface area (Å²) in [6.45, 7) is 6.76. The molecule has 2 heterocycles. The van der Waals surface area contributed by atoms with E-state index in [1.165, 1.54) is 6.20 Å². The molecule has 0 unspecified atom stereocenters. The predicted molar refractivity (Wildman–Crippen MR) is 73.5 cm³/mol. The fourth-order valence-electron chi connectivity index (χ4n) is 1.85. The van der Waals surface area contributed by atoms with Crippen molar-refractivity contribution in [3.8, 4) is 0 Å². The fourth-order valence-corrected chi connectivity index (χ4v) is 2.08. The van der Waals surface area contributed by atoms with Crippen molar-refractivity contribution in [3.63, 3.8) is 0 Å². The van der Waals surface area contributed by atoms with Gasteiger partial charge in [-0.25, -0.2) is 9.78 Å². The molecule has 0 N–H and O–H groups in total. The van der Waals surface area contributed by atoms with Gasteiger partial charge in [0.2, 0.25) is 0 Å². The van der Waals surface area contributed by atoms with Crippen molar-refractivity contribution in [2.24, 2.45) is 0 Å². The number of rotatable bonds is 1. The van der Waals surface area contributed by atoms with Crippen molar-refractivity contribution in [2.75, 3.05) is 19.7 Å². The number of ether oxygens (including phenoxy) is 2. The van der Waals surface area contributed by atoms with Crippen LogP contribution in [-0.2, 0) is 9.47 Å². The minimum absolute atomic E-state index is 0.295. The normalized spacial score (nSPS) is 19.8. The van der Waals surface area contributed by atoms with Crippen molar-refractivity contribution in [3.05, 3.63) is 23.2 Å². The monoisotopic (exact) mass is 299 g/mol. The van der Waals surface area contributed by atoms with Gasteiger partial charge in [-0.05, 0) is 20.8 Å². The highest BCUT2D eigenvalue weighted by Gasteiger charge is 2.30. The third-order valence-corrected chi connectivity index (χ3v) is 2.99. The van der Waals surface area contributed by atoms with Crippen molar-refractivity contribution in [1.29, 1.82) is 0 Å². The van der Waals surface area contributed by atoms with Gasteiger partial charge in [0.25, 0.3) is 0 Å².